The summed E-state index contributed by atoms with van der Waals surface area (Å²) in [5.41, 5.74) is -0.186. The lowest BCUT2D eigenvalue weighted by atomic mass is 9.76. The van der Waals surface area contributed by atoms with E-state index < -0.39 is 5.54 Å². The molecule has 146 valence electrons. The number of nitrogens with zero attached hydrogens (tertiary/aromatic N) is 2. The molecule has 0 unspecified atom stereocenters. The first kappa shape index (κ1) is 18.8. The number of urea groups is 1. The van der Waals surface area contributed by atoms with Crippen LogP contribution in [0.4, 0.5) is 10.5 Å². The number of phenols is 2. The zero-order valence-corrected chi connectivity index (χ0v) is 15.5. The molecule has 0 bridgehead atoms. The van der Waals surface area contributed by atoms with Crippen molar-refractivity contribution in [3.63, 3.8) is 0 Å². The van der Waals surface area contributed by atoms with Crippen LogP contribution in [0, 0.1) is 11.3 Å². The van der Waals surface area contributed by atoms with Crippen LogP contribution in [0.25, 0.3) is 0 Å². The largest absolute Gasteiger partial charge is 0.504 e. The maximum atomic E-state index is 12.6. The Morgan fingerprint density at radius 1 is 1.37 bits per heavy atom. The van der Waals surface area contributed by atoms with Gasteiger partial charge in [-0.1, -0.05) is 0 Å². The van der Waals surface area contributed by atoms with Crippen LogP contribution in [0.1, 0.15) is 26.2 Å². The molecule has 3 rings (SSSR count). The fourth-order valence-corrected chi connectivity index (χ4v) is 3.69. The van der Waals surface area contributed by atoms with Crippen molar-refractivity contribution in [2.75, 3.05) is 25.5 Å². The summed E-state index contributed by atoms with van der Waals surface area (Å²) in [7, 11) is 1.57. The van der Waals surface area contributed by atoms with Crippen molar-refractivity contribution in [2.45, 2.75) is 31.7 Å². The topological polar surface area (TPSA) is 129 Å². The maximum Gasteiger partial charge on any atom is 0.321 e. The third-order valence-electron chi connectivity index (χ3n) is 5.47. The quantitative estimate of drug-likeness (QED) is 0.395. The van der Waals surface area contributed by atoms with Gasteiger partial charge in [0.25, 0.3) is 0 Å². The number of amides is 3. The molecule has 2 aliphatic heterocycles. The summed E-state index contributed by atoms with van der Waals surface area (Å²) in [5, 5.41) is 32.8. The molecule has 2 saturated heterocycles. The number of carbonyl (C=O) groups excluding carboxylic acids is 2. The van der Waals surface area contributed by atoms with Gasteiger partial charge in [0.05, 0.1) is 12.0 Å². The SMILES string of the molecule is CN1C(=N)N[C@](C)([C@H]2CCCN(C(=O)Nc3ccc(O)c(O)c3)C2)CC1=O. The second-order valence-corrected chi connectivity index (χ2v) is 7.44. The second kappa shape index (κ2) is 6.98. The molecule has 2 fully saturated rings. The number of hydrogen-bond acceptors (Lipinski definition) is 5. The molecule has 2 heterocycles. The van der Waals surface area contributed by atoms with Crippen LogP contribution in [-0.2, 0) is 4.79 Å². The Balaban J connectivity index is 1.68. The summed E-state index contributed by atoms with van der Waals surface area (Å²) >= 11 is 0. The van der Waals surface area contributed by atoms with Crippen molar-refractivity contribution in [2.24, 2.45) is 5.92 Å². The lowest BCUT2D eigenvalue weighted by molar-refractivity contribution is -0.130. The summed E-state index contributed by atoms with van der Waals surface area (Å²) < 4.78 is 0. The van der Waals surface area contributed by atoms with Gasteiger partial charge in [0, 0.05) is 31.9 Å². The molecule has 0 radical (unpaired) electrons. The Morgan fingerprint density at radius 2 is 2.11 bits per heavy atom. The van der Waals surface area contributed by atoms with E-state index in [0.717, 1.165) is 12.8 Å². The lowest BCUT2D eigenvalue weighted by Gasteiger charge is -2.47. The van der Waals surface area contributed by atoms with E-state index in [-0.39, 0.29) is 41.7 Å². The number of rotatable bonds is 2. The van der Waals surface area contributed by atoms with Crippen LogP contribution >= 0.6 is 0 Å². The van der Waals surface area contributed by atoms with Gasteiger partial charge in [-0.25, -0.2) is 4.79 Å². The van der Waals surface area contributed by atoms with Crippen molar-refractivity contribution in [3.8, 4) is 11.5 Å². The van der Waals surface area contributed by atoms with Gasteiger partial charge >= 0.3 is 6.03 Å². The van der Waals surface area contributed by atoms with E-state index in [0.29, 0.717) is 18.8 Å². The molecule has 2 atom stereocenters. The van der Waals surface area contributed by atoms with Gasteiger partial charge in [-0.15, -0.1) is 0 Å². The highest BCUT2D eigenvalue weighted by Crippen LogP contribution is 2.33. The zero-order chi connectivity index (χ0) is 19.8. The van der Waals surface area contributed by atoms with E-state index in [9.17, 15) is 19.8 Å². The summed E-state index contributed by atoms with van der Waals surface area (Å²) in [6, 6.07) is 3.80. The number of aromatic hydroxyl groups is 2. The van der Waals surface area contributed by atoms with E-state index in [4.69, 9.17) is 5.41 Å². The lowest BCUT2D eigenvalue weighted by Crippen LogP contribution is -2.65. The predicted molar refractivity (Wildman–Crippen MR) is 99.7 cm³/mol. The summed E-state index contributed by atoms with van der Waals surface area (Å²) in [4.78, 5) is 27.8. The standard InChI is InChI=1S/C18H25N5O4/c1-18(9-15(26)22(2)16(19)21-18)11-4-3-7-23(10-11)17(27)20-12-5-6-13(24)14(25)8-12/h5-6,8,11,24-25H,3-4,7,9-10H2,1-2H3,(H2,19,21)(H,20,27)/t11-,18-/m0/s1. The molecule has 5 N–H and O–H groups in total. The molecular formula is C18H25N5O4. The number of likely N-dealkylation sites (tertiary alicyclic amines) is 1. The smallest absolute Gasteiger partial charge is 0.321 e. The number of benzene rings is 1. The minimum absolute atomic E-state index is 0.0308. The number of guanidine groups is 1. The van der Waals surface area contributed by atoms with Crippen LogP contribution < -0.4 is 10.6 Å². The molecule has 9 nitrogen and oxygen atoms in total. The second-order valence-electron chi connectivity index (χ2n) is 7.44. The first-order valence-electron chi connectivity index (χ1n) is 8.91. The minimum atomic E-state index is -0.573. The number of anilines is 1. The molecule has 3 amide bonds. The highest BCUT2D eigenvalue weighted by Gasteiger charge is 2.44. The van der Waals surface area contributed by atoms with Gasteiger partial charge in [0.2, 0.25) is 5.91 Å². The highest BCUT2D eigenvalue weighted by molar-refractivity contribution is 5.98. The normalized spacial score (nSPS) is 25.9. The number of hydrogen-bond donors (Lipinski definition) is 5. The maximum absolute atomic E-state index is 12.6. The van der Waals surface area contributed by atoms with Gasteiger partial charge < -0.3 is 25.7 Å². The van der Waals surface area contributed by atoms with E-state index in [2.05, 4.69) is 10.6 Å². The fourth-order valence-electron chi connectivity index (χ4n) is 3.69. The molecule has 0 aromatic heterocycles. The van der Waals surface area contributed by atoms with Gasteiger partial charge in [0.15, 0.2) is 17.5 Å². The Labute approximate surface area is 157 Å². The van der Waals surface area contributed by atoms with E-state index in [1.165, 1.54) is 23.1 Å². The molecular weight excluding hydrogens is 350 g/mol. The number of piperidine rings is 1. The summed E-state index contributed by atoms with van der Waals surface area (Å²) in [6.45, 7) is 2.98. The third kappa shape index (κ3) is 3.76. The molecule has 27 heavy (non-hydrogen) atoms. The van der Waals surface area contributed by atoms with Gasteiger partial charge in [-0.2, -0.15) is 0 Å². The Bertz CT molecular complexity index is 763. The minimum Gasteiger partial charge on any atom is -0.504 e. The predicted octanol–water partition coefficient (Wildman–Crippen LogP) is 1.49. The third-order valence-corrected chi connectivity index (χ3v) is 5.47. The molecule has 9 heteroatoms. The average Bonchev–Trinajstić information content (AvgIpc) is 2.63. The van der Waals surface area contributed by atoms with Gasteiger partial charge in [0.1, 0.15) is 0 Å². The van der Waals surface area contributed by atoms with Crippen LogP contribution in [0.5, 0.6) is 11.5 Å². The van der Waals surface area contributed by atoms with Crippen molar-refractivity contribution < 1.29 is 19.8 Å². The van der Waals surface area contributed by atoms with E-state index >= 15 is 0 Å². The molecule has 1 aromatic rings. The Hall–Kier alpha value is -2.97. The van der Waals surface area contributed by atoms with Crippen molar-refractivity contribution in [1.82, 2.24) is 15.1 Å². The van der Waals surface area contributed by atoms with Gasteiger partial charge in [-0.3, -0.25) is 15.1 Å². The number of phenolic OH excluding ortho intramolecular Hbond substituents is 2. The van der Waals surface area contributed by atoms with Crippen LogP contribution in [0.2, 0.25) is 0 Å². The molecule has 0 saturated carbocycles. The van der Waals surface area contributed by atoms with Crippen LogP contribution in [0.3, 0.4) is 0 Å². The number of carbonyl (C=O) groups is 2. The number of nitrogens with one attached hydrogen (secondary N) is 3. The Morgan fingerprint density at radius 3 is 2.78 bits per heavy atom. The van der Waals surface area contributed by atoms with Crippen molar-refractivity contribution >= 4 is 23.6 Å². The zero-order valence-electron chi connectivity index (χ0n) is 15.5. The monoisotopic (exact) mass is 375 g/mol. The van der Waals surface area contributed by atoms with E-state index in [1.54, 1.807) is 11.9 Å². The average molecular weight is 375 g/mol. The molecule has 1 aromatic carbocycles. The fraction of sp³-hybridized carbons (Fsp3) is 0.500. The summed E-state index contributed by atoms with van der Waals surface area (Å²) in [5.74, 6) is -0.552. The first-order valence-corrected chi connectivity index (χ1v) is 8.91. The van der Waals surface area contributed by atoms with Gasteiger partial charge in [-0.05, 0) is 37.8 Å². The highest BCUT2D eigenvalue weighted by atomic mass is 16.3. The molecule has 0 aliphatic carbocycles. The van der Waals surface area contributed by atoms with Crippen molar-refractivity contribution in [1.29, 1.82) is 5.41 Å². The van der Waals surface area contributed by atoms with Crippen molar-refractivity contribution in [3.05, 3.63) is 18.2 Å². The first-order chi connectivity index (χ1) is 12.7. The molecule has 0 spiro atoms. The van der Waals surface area contributed by atoms with Crippen LogP contribution in [-0.4, -0.2) is 63.6 Å². The summed E-state index contributed by atoms with van der Waals surface area (Å²) in [6.07, 6.45) is 1.93. The van der Waals surface area contributed by atoms with Crippen LogP contribution in [0.15, 0.2) is 18.2 Å². The van der Waals surface area contributed by atoms with E-state index in [1.807, 2.05) is 6.92 Å². The molecule has 2 aliphatic rings. The Kier molecular flexibility index (Phi) is 4.86.